The summed E-state index contributed by atoms with van der Waals surface area (Å²) in [5, 5.41) is 3.11. The number of aryl methyl sites for hydroxylation is 1. The highest BCUT2D eigenvalue weighted by atomic mass is 32.2. The summed E-state index contributed by atoms with van der Waals surface area (Å²) in [7, 11) is -2.20. The van der Waals surface area contributed by atoms with E-state index in [1.165, 1.54) is 32.0 Å². The van der Waals surface area contributed by atoms with E-state index in [2.05, 4.69) is 14.9 Å². The van der Waals surface area contributed by atoms with Crippen molar-refractivity contribution in [3.05, 3.63) is 29.3 Å². The Labute approximate surface area is 166 Å². The van der Waals surface area contributed by atoms with Gasteiger partial charge in [-0.2, -0.15) is 11.8 Å². The molecule has 0 spiro atoms. The molecule has 1 aliphatic carbocycles. The Morgan fingerprint density at radius 3 is 2.52 bits per heavy atom. The Hall–Kier alpha value is -1.09. The number of carbonyl (C=O) groups excluding carboxylic acids is 1. The number of rotatable bonds is 6. The summed E-state index contributed by atoms with van der Waals surface area (Å²) in [6.07, 6.45) is 4.64. The van der Waals surface area contributed by atoms with Crippen LogP contribution in [0.15, 0.2) is 23.1 Å². The first-order valence-electron chi connectivity index (χ1n) is 9.53. The predicted molar refractivity (Wildman–Crippen MR) is 110 cm³/mol. The minimum absolute atomic E-state index is 0.0548. The first-order valence-corrected chi connectivity index (χ1v) is 12.2. The van der Waals surface area contributed by atoms with Crippen molar-refractivity contribution in [1.29, 1.82) is 0 Å². The second-order valence-corrected chi connectivity index (χ2v) is 10.5. The molecule has 0 atom stereocenters. The maximum Gasteiger partial charge on any atom is 0.251 e. The second-order valence-electron chi connectivity index (χ2n) is 7.40. The van der Waals surface area contributed by atoms with E-state index in [0.717, 1.165) is 43.0 Å². The molecule has 0 bridgehead atoms. The Bertz CT molecular complexity index is 783. The van der Waals surface area contributed by atoms with Crippen LogP contribution in [0.4, 0.5) is 0 Å². The van der Waals surface area contributed by atoms with Gasteiger partial charge in [0.2, 0.25) is 10.0 Å². The third kappa shape index (κ3) is 4.50. The molecular formula is C19H29N3O3S2. The van der Waals surface area contributed by atoms with Gasteiger partial charge in [-0.25, -0.2) is 13.1 Å². The molecule has 8 heteroatoms. The summed E-state index contributed by atoms with van der Waals surface area (Å²) in [5.74, 6) is 2.11. The maximum atomic E-state index is 12.9. The van der Waals surface area contributed by atoms with Gasteiger partial charge >= 0.3 is 0 Å². The zero-order valence-electron chi connectivity index (χ0n) is 16.1. The zero-order valence-corrected chi connectivity index (χ0v) is 17.7. The number of hydrogen-bond donors (Lipinski definition) is 2. The van der Waals surface area contributed by atoms with Crippen molar-refractivity contribution in [3.8, 4) is 0 Å². The minimum atomic E-state index is -3.57. The first-order chi connectivity index (χ1) is 12.9. The number of nitrogens with one attached hydrogen (secondary N) is 2. The number of benzene rings is 1. The van der Waals surface area contributed by atoms with Crippen LogP contribution in [-0.2, 0) is 10.0 Å². The molecular weight excluding hydrogens is 382 g/mol. The second kappa shape index (κ2) is 8.51. The van der Waals surface area contributed by atoms with Gasteiger partial charge in [-0.1, -0.05) is 18.9 Å². The molecule has 2 N–H and O–H groups in total. The molecule has 1 heterocycles. The molecule has 2 aliphatic rings. The lowest BCUT2D eigenvalue weighted by Gasteiger charge is -2.43. The van der Waals surface area contributed by atoms with E-state index in [9.17, 15) is 13.2 Å². The van der Waals surface area contributed by atoms with Gasteiger partial charge in [-0.15, -0.1) is 0 Å². The standard InChI is InChI=1S/C19H29N3O3S2/c1-15-5-6-16(27(24,25)20-2)13-17(15)18(23)21-14-19(7-3-4-8-19)22-9-11-26-12-10-22/h5-6,13,20H,3-4,7-12,14H2,1-2H3,(H,21,23). The average Bonchev–Trinajstić information content (AvgIpc) is 3.17. The molecule has 0 unspecified atom stereocenters. The molecule has 27 heavy (non-hydrogen) atoms. The summed E-state index contributed by atoms with van der Waals surface area (Å²) >= 11 is 1.99. The van der Waals surface area contributed by atoms with Gasteiger partial charge in [0.15, 0.2) is 0 Å². The number of sulfonamides is 1. The summed E-state index contributed by atoms with van der Waals surface area (Å²) in [5.41, 5.74) is 1.25. The van der Waals surface area contributed by atoms with Crippen molar-refractivity contribution >= 4 is 27.7 Å². The van der Waals surface area contributed by atoms with Crippen molar-refractivity contribution in [2.24, 2.45) is 0 Å². The van der Waals surface area contributed by atoms with E-state index < -0.39 is 10.0 Å². The van der Waals surface area contributed by atoms with E-state index in [1.807, 2.05) is 18.7 Å². The van der Waals surface area contributed by atoms with Crippen molar-refractivity contribution in [3.63, 3.8) is 0 Å². The largest absolute Gasteiger partial charge is 0.350 e. The maximum absolute atomic E-state index is 12.9. The predicted octanol–water partition coefficient (Wildman–Crippen LogP) is 1.99. The van der Waals surface area contributed by atoms with E-state index in [4.69, 9.17) is 0 Å². The lowest BCUT2D eigenvalue weighted by Crippen LogP contribution is -2.56. The Morgan fingerprint density at radius 1 is 1.22 bits per heavy atom. The van der Waals surface area contributed by atoms with Crippen LogP contribution in [-0.4, -0.2) is 63.0 Å². The summed E-state index contributed by atoms with van der Waals surface area (Å²) in [6.45, 7) is 4.61. The third-order valence-electron chi connectivity index (χ3n) is 5.83. The lowest BCUT2D eigenvalue weighted by molar-refractivity contribution is 0.0817. The highest BCUT2D eigenvalue weighted by Gasteiger charge is 2.40. The van der Waals surface area contributed by atoms with Crippen LogP contribution in [0.2, 0.25) is 0 Å². The molecule has 1 amide bonds. The van der Waals surface area contributed by atoms with Gasteiger partial charge in [-0.3, -0.25) is 9.69 Å². The van der Waals surface area contributed by atoms with E-state index in [1.54, 1.807) is 6.07 Å². The van der Waals surface area contributed by atoms with Crippen molar-refractivity contribution in [2.45, 2.75) is 43.0 Å². The number of hydrogen-bond acceptors (Lipinski definition) is 5. The molecule has 1 aromatic carbocycles. The fraction of sp³-hybridized carbons (Fsp3) is 0.632. The van der Waals surface area contributed by atoms with E-state index in [0.29, 0.717) is 12.1 Å². The molecule has 1 saturated heterocycles. The molecule has 0 aromatic heterocycles. The molecule has 1 aromatic rings. The SMILES string of the molecule is CNS(=O)(=O)c1ccc(C)c(C(=O)NCC2(N3CCSCC3)CCCC2)c1. The van der Waals surface area contributed by atoms with Gasteiger partial charge in [0, 0.05) is 42.2 Å². The van der Waals surface area contributed by atoms with Crippen molar-refractivity contribution in [1.82, 2.24) is 14.9 Å². The summed E-state index contributed by atoms with van der Waals surface area (Å²) in [4.78, 5) is 15.5. The molecule has 6 nitrogen and oxygen atoms in total. The van der Waals surface area contributed by atoms with Gasteiger partial charge in [0.25, 0.3) is 5.91 Å². The molecule has 0 radical (unpaired) electrons. The third-order valence-corrected chi connectivity index (χ3v) is 8.18. The van der Waals surface area contributed by atoms with Crippen LogP contribution in [0.25, 0.3) is 0 Å². The van der Waals surface area contributed by atoms with E-state index in [-0.39, 0.29) is 16.3 Å². The minimum Gasteiger partial charge on any atom is -0.350 e. The topological polar surface area (TPSA) is 78.5 Å². The quantitative estimate of drug-likeness (QED) is 0.749. The van der Waals surface area contributed by atoms with Crippen molar-refractivity contribution in [2.75, 3.05) is 38.2 Å². The molecule has 1 aliphatic heterocycles. The monoisotopic (exact) mass is 411 g/mol. The van der Waals surface area contributed by atoms with Crippen LogP contribution in [0.5, 0.6) is 0 Å². The highest BCUT2D eigenvalue weighted by Crippen LogP contribution is 2.36. The van der Waals surface area contributed by atoms with Gasteiger partial charge in [0.05, 0.1) is 4.90 Å². The fourth-order valence-corrected chi connectivity index (χ4v) is 5.81. The number of amides is 1. The van der Waals surface area contributed by atoms with Crippen LogP contribution >= 0.6 is 11.8 Å². The highest BCUT2D eigenvalue weighted by molar-refractivity contribution is 7.99. The Balaban J connectivity index is 1.75. The Morgan fingerprint density at radius 2 is 1.89 bits per heavy atom. The molecule has 150 valence electrons. The van der Waals surface area contributed by atoms with Gasteiger partial charge in [-0.05, 0) is 44.5 Å². The summed E-state index contributed by atoms with van der Waals surface area (Å²) in [6, 6.07) is 4.68. The van der Waals surface area contributed by atoms with Crippen molar-refractivity contribution < 1.29 is 13.2 Å². The smallest absolute Gasteiger partial charge is 0.251 e. The summed E-state index contributed by atoms with van der Waals surface area (Å²) < 4.78 is 26.4. The lowest BCUT2D eigenvalue weighted by atomic mass is 9.94. The van der Waals surface area contributed by atoms with Crippen LogP contribution in [0.3, 0.4) is 0 Å². The normalized spacial score (nSPS) is 20.5. The number of carbonyl (C=O) groups is 1. The molecule has 1 saturated carbocycles. The van der Waals surface area contributed by atoms with Crippen LogP contribution in [0, 0.1) is 6.92 Å². The number of thioether (sulfide) groups is 1. The first kappa shape index (κ1) is 20.6. The molecule has 2 fully saturated rings. The van der Waals surface area contributed by atoms with Gasteiger partial charge < -0.3 is 5.32 Å². The average molecular weight is 412 g/mol. The van der Waals surface area contributed by atoms with Crippen LogP contribution < -0.4 is 10.0 Å². The van der Waals surface area contributed by atoms with Crippen LogP contribution in [0.1, 0.15) is 41.6 Å². The van der Waals surface area contributed by atoms with Gasteiger partial charge in [0.1, 0.15) is 0 Å². The number of nitrogens with zero attached hydrogens (tertiary/aromatic N) is 1. The zero-order chi connectivity index (χ0) is 19.5. The van der Waals surface area contributed by atoms with E-state index >= 15 is 0 Å². The Kier molecular flexibility index (Phi) is 6.50. The molecule has 3 rings (SSSR count). The fourth-order valence-electron chi connectivity index (χ4n) is 4.15.